The third-order valence-corrected chi connectivity index (χ3v) is 1.70. The van der Waals surface area contributed by atoms with Crippen molar-refractivity contribution in [2.45, 2.75) is 6.54 Å². The minimum atomic E-state index is -0.320. The Labute approximate surface area is 67.9 Å². The largest absolute Gasteiger partial charge is 0.359 e. The van der Waals surface area contributed by atoms with Crippen molar-refractivity contribution in [1.82, 2.24) is 5.16 Å². The Morgan fingerprint density at radius 3 is 3.08 bits per heavy atom. The molecule has 62 valence electrons. The Morgan fingerprint density at radius 2 is 2.33 bits per heavy atom. The molecule has 0 amide bonds. The number of hydrogen-bond acceptors (Lipinski definition) is 3. The van der Waals surface area contributed by atoms with Crippen LogP contribution in [0, 0.1) is 5.82 Å². The summed E-state index contributed by atoms with van der Waals surface area (Å²) in [6, 6.07) is 4.29. The molecule has 1 heterocycles. The summed E-state index contributed by atoms with van der Waals surface area (Å²) in [6.07, 6.45) is 0. The number of hydrogen-bond donors (Lipinski definition) is 1. The van der Waals surface area contributed by atoms with Crippen molar-refractivity contribution in [2.24, 2.45) is 5.73 Å². The van der Waals surface area contributed by atoms with E-state index in [0.29, 0.717) is 11.3 Å². The lowest BCUT2D eigenvalue weighted by molar-refractivity contribution is 0.392. The topological polar surface area (TPSA) is 52.0 Å². The molecule has 0 saturated carbocycles. The van der Waals surface area contributed by atoms with Gasteiger partial charge in [0.2, 0.25) is 0 Å². The summed E-state index contributed by atoms with van der Waals surface area (Å²) in [4.78, 5) is 0. The van der Waals surface area contributed by atoms with Gasteiger partial charge in [0.25, 0.3) is 0 Å². The maximum atomic E-state index is 12.6. The molecule has 2 rings (SSSR count). The number of benzene rings is 1. The average molecular weight is 166 g/mol. The van der Waals surface area contributed by atoms with Gasteiger partial charge in [0.05, 0.1) is 6.54 Å². The molecule has 4 heteroatoms. The monoisotopic (exact) mass is 166 g/mol. The van der Waals surface area contributed by atoms with Crippen molar-refractivity contribution in [3.63, 3.8) is 0 Å². The Balaban J connectivity index is 2.73. The van der Waals surface area contributed by atoms with Gasteiger partial charge < -0.3 is 10.3 Å². The second kappa shape index (κ2) is 2.57. The fourth-order valence-corrected chi connectivity index (χ4v) is 1.12. The molecule has 1 aromatic heterocycles. The van der Waals surface area contributed by atoms with Gasteiger partial charge in [-0.3, -0.25) is 0 Å². The highest BCUT2D eigenvalue weighted by Gasteiger charge is 2.06. The van der Waals surface area contributed by atoms with Gasteiger partial charge >= 0.3 is 0 Å². The van der Waals surface area contributed by atoms with Crippen molar-refractivity contribution in [2.75, 3.05) is 0 Å². The molecule has 2 aromatic rings. The highest BCUT2D eigenvalue weighted by Crippen LogP contribution is 2.18. The highest BCUT2D eigenvalue weighted by molar-refractivity contribution is 5.80. The molecule has 0 fully saturated rings. The van der Waals surface area contributed by atoms with Crippen LogP contribution in [0.25, 0.3) is 10.9 Å². The van der Waals surface area contributed by atoms with Crippen LogP contribution in [0.4, 0.5) is 4.39 Å². The third kappa shape index (κ3) is 0.967. The van der Waals surface area contributed by atoms with E-state index in [0.717, 1.165) is 5.39 Å². The first-order valence-corrected chi connectivity index (χ1v) is 3.55. The van der Waals surface area contributed by atoms with Crippen LogP contribution in [-0.4, -0.2) is 5.16 Å². The summed E-state index contributed by atoms with van der Waals surface area (Å²) in [5, 5.41) is 4.43. The molecular weight excluding hydrogens is 159 g/mol. The van der Waals surface area contributed by atoms with Crippen LogP contribution in [0.15, 0.2) is 22.7 Å². The van der Waals surface area contributed by atoms with Gasteiger partial charge in [-0.15, -0.1) is 0 Å². The molecule has 0 aliphatic carbocycles. The zero-order valence-corrected chi connectivity index (χ0v) is 6.25. The van der Waals surface area contributed by atoms with E-state index in [4.69, 9.17) is 10.3 Å². The molecule has 0 aliphatic heterocycles. The maximum absolute atomic E-state index is 12.6. The molecule has 0 unspecified atom stereocenters. The van der Waals surface area contributed by atoms with E-state index in [1.54, 1.807) is 6.07 Å². The van der Waals surface area contributed by atoms with Crippen molar-refractivity contribution in [1.29, 1.82) is 0 Å². The number of nitrogens with zero attached hydrogens (tertiary/aromatic N) is 1. The van der Waals surface area contributed by atoms with Gasteiger partial charge in [-0.25, -0.2) is 4.39 Å². The predicted molar refractivity (Wildman–Crippen MR) is 41.9 cm³/mol. The van der Waals surface area contributed by atoms with Crippen molar-refractivity contribution in [3.05, 3.63) is 29.8 Å². The lowest BCUT2D eigenvalue weighted by atomic mass is 10.2. The smallest absolute Gasteiger partial charge is 0.158 e. The first kappa shape index (κ1) is 7.24. The van der Waals surface area contributed by atoms with Crippen LogP contribution >= 0.6 is 0 Å². The molecule has 1 aromatic carbocycles. The zero-order valence-electron chi connectivity index (χ0n) is 6.25. The molecule has 0 aliphatic rings. The lowest BCUT2D eigenvalue weighted by Crippen LogP contribution is -1.93. The highest BCUT2D eigenvalue weighted by atomic mass is 19.1. The Kier molecular flexibility index (Phi) is 1.55. The molecule has 0 radical (unpaired) electrons. The second-order valence-electron chi connectivity index (χ2n) is 2.47. The first-order valence-electron chi connectivity index (χ1n) is 3.55. The van der Waals surface area contributed by atoms with Crippen LogP contribution in [0.5, 0.6) is 0 Å². The number of fused-ring (bicyclic) bond motifs is 1. The molecule has 0 saturated heterocycles. The van der Waals surface area contributed by atoms with E-state index >= 15 is 0 Å². The Hall–Kier alpha value is -1.42. The van der Waals surface area contributed by atoms with Crippen molar-refractivity contribution in [3.8, 4) is 0 Å². The number of rotatable bonds is 1. The molecule has 0 atom stereocenters. The van der Waals surface area contributed by atoms with Crippen molar-refractivity contribution < 1.29 is 8.91 Å². The quantitative estimate of drug-likeness (QED) is 0.697. The number of aromatic nitrogens is 1. The normalized spacial score (nSPS) is 10.8. The van der Waals surface area contributed by atoms with E-state index in [-0.39, 0.29) is 12.4 Å². The van der Waals surface area contributed by atoms with Crippen LogP contribution in [0.1, 0.15) is 5.76 Å². The fraction of sp³-hybridized carbons (Fsp3) is 0.125. The van der Waals surface area contributed by atoms with Gasteiger partial charge in [-0.05, 0) is 12.1 Å². The standard InChI is InChI=1S/C8H7FN2O/c9-5-1-2-6-7(3-5)11-12-8(6)4-10/h1-3H,4,10H2. The third-order valence-electron chi connectivity index (χ3n) is 1.70. The molecule has 2 N–H and O–H groups in total. The predicted octanol–water partition coefficient (Wildman–Crippen LogP) is 1.43. The fourth-order valence-electron chi connectivity index (χ4n) is 1.12. The summed E-state index contributed by atoms with van der Waals surface area (Å²) in [5.41, 5.74) is 5.88. The minimum absolute atomic E-state index is 0.280. The molecule has 0 spiro atoms. The summed E-state index contributed by atoms with van der Waals surface area (Å²) >= 11 is 0. The Morgan fingerprint density at radius 1 is 1.50 bits per heavy atom. The SMILES string of the molecule is NCc1onc2cc(F)ccc12. The lowest BCUT2D eigenvalue weighted by Gasteiger charge is -1.88. The molecule has 3 nitrogen and oxygen atoms in total. The summed E-state index contributed by atoms with van der Waals surface area (Å²) in [5.74, 6) is 0.268. The summed E-state index contributed by atoms with van der Waals surface area (Å²) < 4.78 is 17.5. The van der Waals surface area contributed by atoms with E-state index in [9.17, 15) is 4.39 Å². The minimum Gasteiger partial charge on any atom is -0.359 e. The Bertz CT molecular complexity index is 410. The molecule has 0 bridgehead atoms. The summed E-state index contributed by atoms with van der Waals surface area (Å²) in [7, 11) is 0. The van der Waals surface area contributed by atoms with E-state index < -0.39 is 0 Å². The van der Waals surface area contributed by atoms with Gasteiger partial charge in [-0.2, -0.15) is 0 Å². The van der Waals surface area contributed by atoms with Gasteiger partial charge in [0.15, 0.2) is 5.76 Å². The van der Waals surface area contributed by atoms with Gasteiger partial charge in [0, 0.05) is 11.5 Å². The number of nitrogens with two attached hydrogens (primary N) is 1. The molecule has 12 heavy (non-hydrogen) atoms. The van der Waals surface area contributed by atoms with Gasteiger partial charge in [-0.1, -0.05) is 5.16 Å². The van der Waals surface area contributed by atoms with E-state index in [2.05, 4.69) is 5.16 Å². The van der Waals surface area contributed by atoms with Crippen LogP contribution in [-0.2, 0) is 6.54 Å². The first-order chi connectivity index (χ1) is 5.81. The second-order valence-corrected chi connectivity index (χ2v) is 2.47. The summed E-state index contributed by atoms with van der Waals surface area (Å²) in [6.45, 7) is 0.280. The molecular formula is C8H7FN2O. The van der Waals surface area contributed by atoms with E-state index in [1.807, 2.05) is 0 Å². The van der Waals surface area contributed by atoms with Crippen LogP contribution in [0.3, 0.4) is 0 Å². The number of halogens is 1. The zero-order chi connectivity index (χ0) is 8.55. The van der Waals surface area contributed by atoms with Crippen molar-refractivity contribution >= 4 is 10.9 Å². The van der Waals surface area contributed by atoms with Gasteiger partial charge in [0.1, 0.15) is 11.3 Å². The maximum Gasteiger partial charge on any atom is 0.158 e. The van der Waals surface area contributed by atoms with Crippen LogP contribution < -0.4 is 5.73 Å². The average Bonchev–Trinajstić information content (AvgIpc) is 2.46. The van der Waals surface area contributed by atoms with E-state index in [1.165, 1.54) is 12.1 Å². The van der Waals surface area contributed by atoms with Crippen LogP contribution in [0.2, 0.25) is 0 Å².